The molecule has 0 spiro atoms. The van der Waals surface area contributed by atoms with Gasteiger partial charge in [-0.2, -0.15) is 8.78 Å². The van der Waals surface area contributed by atoms with Gasteiger partial charge >= 0.3 is 12.6 Å². The fraction of sp³-hybridized carbons (Fsp3) is 0.190. The smallest absolute Gasteiger partial charge is 0.387 e. The molecule has 162 valence electrons. The monoisotopic (exact) mass is 446 g/mol. The predicted octanol–water partition coefficient (Wildman–Crippen LogP) is 4.87. The standard InChI is InChI=1S/C21H20F2N4O3S/c1-13-10-15(31-21-24-8-3-9-25-21)5-6-16(13)27-20(28)26-12-14-4-7-17(29-2)18(11-14)30-19(22)23/h3-11,19H,12H2,1-2H3,(H2,26,27,28). The van der Waals surface area contributed by atoms with E-state index in [2.05, 4.69) is 25.3 Å². The minimum Gasteiger partial charge on any atom is -0.493 e. The molecule has 0 bridgehead atoms. The zero-order chi connectivity index (χ0) is 22.2. The highest BCUT2D eigenvalue weighted by atomic mass is 32.2. The van der Waals surface area contributed by atoms with Crippen molar-refractivity contribution in [2.24, 2.45) is 0 Å². The first-order valence-electron chi connectivity index (χ1n) is 9.16. The van der Waals surface area contributed by atoms with E-state index in [1.807, 2.05) is 19.1 Å². The van der Waals surface area contributed by atoms with Gasteiger partial charge in [-0.3, -0.25) is 0 Å². The molecule has 0 aliphatic rings. The number of carbonyl (C=O) groups excluding carboxylic acids is 1. The van der Waals surface area contributed by atoms with Crippen LogP contribution in [-0.2, 0) is 6.54 Å². The van der Waals surface area contributed by atoms with Crippen LogP contribution in [0, 0.1) is 6.92 Å². The summed E-state index contributed by atoms with van der Waals surface area (Å²) >= 11 is 1.42. The highest BCUT2D eigenvalue weighted by Crippen LogP contribution is 2.30. The lowest BCUT2D eigenvalue weighted by Gasteiger charge is -2.13. The largest absolute Gasteiger partial charge is 0.493 e. The molecule has 7 nitrogen and oxygen atoms in total. The maximum Gasteiger partial charge on any atom is 0.387 e. The third-order valence-electron chi connectivity index (χ3n) is 4.09. The lowest BCUT2D eigenvalue weighted by molar-refractivity contribution is -0.0512. The number of urea groups is 1. The number of anilines is 1. The second-order valence-corrected chi connectivity index (χ2v) is 7.32. The molecule has 2 N–H and O–H groups in total. The molecule has 0 aliphatic heterocycles. The fourth-order valence-corrected chi connectivity index (χ4v) is 3.46. The molecule has 1 heterocycles. The first kappa shape index (κ1) is 22.3. The van der Waals surface area contributed by atoms with Crippen LogP contribution in [0.5, 0.6) is 11.5 Å². The molecule has 0 fully saturated rings. The van der Waals surface area contributed by atoms with Gasteiger partial charge in [0.25, 0.3) is 0 Å². The number of benzene rings is 2. The van der Waals surface area contributed by atoms with Crippen LogP contribution in [0.1, 0.15) is 11.1 Å². The quantitative estimate of drug-likeness (QED) is 0.481. The van der Waals surface area contributed by atoms with Crippen molar-refractivity contribution < 1.29 is 23.0 Å². The molecular formula is C21H20F2N4O3S. The summed E-state index contributed by atoms with van der Waals surface area (Å²) in [5, 5.41) is 6.10. The highest BCUT2D eigenvalue weighted by molar-refractivity contribution is 7.99. The number of nitrogens with zero attached hydrogens (tertiary/aromatic N) is 2. The molecule has 3 rings (SSSR count). The number of hydrogen-bond donors (Lipinski definition) is 2. The topological polar surface area (TPSA) is 85.4 Å². The highest BCUT2D eigenvalue weighted by Gasteiger charge is 2.12. The van der Waals surface area contributed by atoms with Crippen molar-refractivity contribution in [2.75, 3.05) is 12.4 Å². The van der Waals surface area contributed by atoms with E-state index in [1.165, 1.54) is 31.0 Å². The Morgan fingerprint density at radius 1 is 1.13 bits per heavy atom. The molecule has 0 unspecified atom stereocenters. The zero-order valence-corrected chi connectivity index (χ0v) is 17.6. The van der Waals surface area contributed by atoms with Crippen molar-refractivity contribution in [2.45, 2.75) is 30.1 Å². The lowest BCUT2D eigenvalue weighted by atomic mass is 10.2. The Morgan fingerprint density at radius 3 is 2.58 bits per heavy atom. The summed E-state index contributed by atoms with van der Waals surface area (Å²) in [6, 6.07) is 11.5. The number of halogens is 2. The van der Waals surface area contributed by atoms with Gasteiger partial charge in [-0.25, -0.2) is 14.8 Å². The Bertz CT molecular complexity index is 1040. The average Bonchev–Trinajstić information content (AvgIpc) is 2.75. The third kappa shape index (κ3) is 6.54. The van der Waals surface area contributed by atoms with Crippen molar-refractivity contribution >= 4 is 23.5 Å². The van der Waals surface area contributed by atoms with Gasteiger partial charge in [0.15, 0.2) is 16.7 Å². The number of alkyl halides is 2. The van der Waals surface area contributed by atoms with Gasteiger partial charge in [-0.1, -0.05) is 6.07 Å². The van der Waals surface area contributed by atoms with Crippen LogP contribution >= 0.6 is 11.8 Å². The summed E-state index contributed by atoms with van der Waals surface area (Å²) in [7, 11) is 1.36. The maximum atomic E-state index is 12.5. The van der Waals surface area contributed by atoms with Gasteiger partial charge in [0.1, 0.15) is 0 Å². The number of rotatable bonds is 8. The Hall–Kier alpha value is -3.40. The molecule has 0 radical (unpaired) electrons. The minimum absolute atomic E-state index is 0.0939. The molecule has 2 amide bonds. The zero-order valence-electron chi connectivity index (χ0n) is 16.8. The SMILES string of the molecule is COc1ccc(CNC(=O)Nc2ccc(Sc3ncccn3)cc2C)cc1OC(F)F. The Labute approximate surface area is 182 Å². The van der Waals surface area contributed by atoms with E-state index < -0.39 is 12.6 Å². The number of hydrogen-bond acceptors (Lipinski definition) is 6. The minimum atomic E-state index is -2.97. The number of methoxy groups -OCH3 is 1. The molecular weight excluding hydrogens is 426 g/mol. The first-order chi connectivity index (χ1) is 14.9. The van der Waals surface area contributed by atoms with E-state index >= 15 is 0 Å². The van der Waals surface area contributed by atoms with E-state index in [-0.39, 0.29) is 18.0 Å². The van der Waals surface area contributed by atoms with E-state index in [1.54, 1.807) is 30.6 Å². The summed E-state index contributed by atoms with van der Waals surface area (Å²) in [5.41, 5.74) is 2.10. The van der Waals surface area contributed by atoms with Crippen molar-refractivity contribution in [3.63, 3.8) is 0 Å². The van der Waals surface area contributed by atoms with Crippen LogP contribution in [0.25, 0.3) is 0 Å². The first-order valence-corrected chi connectivity index (χ1v) is 9.98. The van der Waals surface area contributed by atoms with E-state index in [9.17, 15) is 13.6 Å². The van der Waals surface area contributed by atoms with Crippen molar-refractivity contribution in [3.05, 3.63) is 66.0 Å². The molecule has 3 aromatic rings. The van der Waals surface area contributed by atoms with Gasteiger partial charge < -0.3 is 20.1 Å². The van der Waals surface area contributed by atoms with E-state index in [0.717, 1.165) is 10.5 Å². The van der Waals surface area contributed by atoms with Crippen LogP contribution in [0.4, 0.5) is 19.3 Å². The van der Waals surface area contributed by atoms with Crippen LogP contribution in [0.3, 0.4) is 0 Å². The molecule has 10 heteroatoms. The van der Waals surface area contributed by atoms with Crippen LogP contribution in [-0.4, -0.2) is 29.7 Å². The summed E-state index contributed by atoms with van der Waals surface area (Å²) in [4.78, 5) is 21.6. The van der Waals surface area contributed by atoms with E-state index in [0.29, 0.717) is 16.4 Å². The Balaban J connectivity index is 1.58. The number of amides is 2. The summed E-state index contributed by atoms with van der Waals surface area (Å²) < 4.78 is 34.5. The number of aryl methyl sites for hydroxylation is 1. The van der Waals surface area contributed by atoms with Crippen LogP contribution in [0.15, 0.2) is 64.9 Å². The van der Waals surface area contributed by atoms with Crippen LogP contribution < -0.4 is 20.1 Å². The Morgan fingerprint density at radius 2 is 1.90 bits per heavy atom. The van der Waals surface area contributed by atoms with Crippen molar-refractivity contribution in [3.8, 4) is 11.5 Å². The van der Waals surface area contributed by atoms with E-state index in [4.69, 9.17) is 4.74 Å². The molecule has 0 saturated heterocycles. The molecule has 0 aliphatic carbocycles. The summed E-state index contributed by atoms with van der Waals surface area (Å²) in [6.45, 7) is -0.977. The number of nitrogens with one attached hydrogen (secondary N) is 2. The van der Waals surface area contributed by atoms with Crippen molar-refractivity contribution in [1.29, 1.82) is 0 Å². The second-order valence-electron chi connectivity index (χ2n) is 6.28. The van der Waals surface area contributed by atoms with Gasteiger partial charge in [0.05, 0.1) is 7.11 Å². The Kier molecular flexibility index (Phi) is 7.60. The fourth-order valence-electron chi connectivity index (χ4n) is 2.65. The summed E-state index contributed by atoms with van der Waals surface area (Å²) in [6.07, 6.45) is 3.35. The molecule has 2 aromatic carbocycles. The normalized spacial score (nSPS) is 10.6. The number of aromatic nitrogens is 2. The van der Waals surface area contributed by atoms with Gasteiger partial charge in [0, 0.05) is 29.5 Å². The second kappa shape index (κ2) is 10.6. The molecule has 0 saturated carbocycles. The number of ether oxygens (including phenoxy) is 2. The van der Waals surface area contributed by atoms with Gasteiger partial charge in [-0.05, 0) is 66.2 Å². The maximum absolute atomic E-state index is 12.5. The van der Waals surface area contributed by atoms with Gasteiger partial charge in [0.2, 0.25) is 0 Å². The predicted molar refractivity (Wildman–Crippen MR) is 113 cm³/mol. The van der Waals surface area contributed by atoms with Crippen LogP contribution in [0.2, 0.25) is 0 Å². The lowest BCUT2D eigenvalue weighted by Crippen LogP contribution is -2.28. The molecule has 1 aromatic heterocycles. The summed E-state index contributed by atoms with van der Waals surface area (Å²) in [5.74, 6) is 0.0894. The molecule has 31 heavy (non-hydrogen) atoms. The van der Waals surface area contributed by atoms with Crippen molar-refractivity contribution in [1.82, 2.24) is 15.3 Å². The average molecular weight is 446 g/mol. The number of carbonyl (C=O) groups is 1. The van der Waals surface area contributed by atoms with Gasteiger partial charge in [-0.15, -0.1) is 0 Å². The molecule has 0 atom stereocenters. The third-order valence-corrected chi connectivity index (χ3v) is 4.98.